The van der Waals surface area contributed by atoms with Gasteiger partial charge in [-0.25, -0.2) is 4.79 Å². The Balaban J connectivity index is 1.99. The fourth-order valence-corrected chi connectivity index (χ4v) is 2.96. The molecule has 0 atom stereocenters. The minimum absolute atomic E-state index is 0.0336. The van der Waals surface area contributed by atoms with Gasteiger partial charge in [0.05, 0.1) is 12.8 Å². The molecule has 3 rings (SSSR count). The molecule has 1 aromatic carbocycles. The smallest absolute Gasteiger partial charge is 0.331 e. The summed E-state index contributed by atoms with van der Waals surface area (Å²) in [5.41, 5.74) is 3.75. The van der Waals surface area contributed by atoms with Crippen LogP contribution < -0.4 is 5.32 Å². The van der Waals surface area contributed by atoms with E-state index < -0.39 is 17.8 Å². The number of carbonyl (C=O) groups is 3. The van der Waals surface area contributed by atoms with Crippen molar-refractivity contribution < 1.29 is 18.8 Å². The van der Waals surface area contributed by atoms with Crippen LogP contribution in [0.25, 0.3) is 6.08 Å². The van der Waals surface area contributed by atoms with E-state index in [1.54, 1.807) is 18.2 Å². The van der Waals surface area contributed by atoms with Crippen molar-refractivity contribution in [1.82, 2.24) is 10.2 Å². The standard InChI is InChI=1S/C19H18N2O4/c1-11-7-12(2)15(13(3)8-11)9-16-17(22)20-19(24)21(18(16)23)10-14-5-4-6-25-14/h4-9H,10H2,1-3H3,(H,20,22,24)/b16-9+. The number of rotatable bonds is 3. The highest BCUT2D eigenvalue weighted by molar-refractivity contribution is 6.31. The molecule has 1 N–H and O–H groups in total. The SMILES string of the molecule is Cc1cc(C)c(/C=C2\C(=O)NC(=O)N(Cc3ccco3)C2=O)c(C)c1. The number of furan rings is 1. The summed E-state index contributed by atoms with van der Waals surface area (Å²) >= 11 is 0. The van der Waals surface area contributed by atoms with E-state index in [4.69, 9.17) is 4.42 Å². The largest absolute Gasteiger partial charge is 0.467 e. The Morgan fingerprint density at radius 2 is 1.80 bits per heavy atom. The summed E-state index contributed by atoms with van der Waals surface area (Å²) in [6.07, 6.45) is 3.01. The molecule has 0 aliphatic carbocycles. The van der Waals surface area contributed by atoms with Crippen LogP contribution in [0.15, 0.2) is 40.5 Å². The van der Waals surface area contributed by atoms with Crippen molar-refractivity contribution in [3.05, 3.63) is 64.1 Å². The molecule has 0 spiro atoms. The first-order chi connectivity index (χ1) is 11.9. The van der Waals surface area contributed by atoms with Crippen LogP contribution >= 0.6 is 0 Å². The number of carbonyl (C=O) groups excluding carboxylic acids is 3. The summed E-state index contributed by atoms with van der Waals surface area (Å²) in [6.45, 7) is 5.79. The predicted molar refractivity (Wildman–Crippen MR) is 91.4 cm³/mol. The van der Waals surface area contributed by atoms with Gasteiger partial charge in [0, 0.05) is 0 Å². The summed E-state index contributed by atoms with van der Waals surface area (Å²) in [5, 5.41) is 2.21. The van der Waals surface area contributed by atoms with E-state index in [0.717, 1.165) is 27.2 Å². The van der Waals surface area contributed by atoms with Crippen LogP contribution in [0.3, 0.4) is 0 Å². The fourth-order valence-electron chi connectivity index (χ4n) is 2.96. The molecule has 6 heteroatoms. The maximum Gasteiger partial charge on any atom is 0.331 e. The lowest BCUT2D eigenvalue weighted by atomic mass is 9.97. The van der Waals surface area contributed by atoms with Crippen molar-refractivity contribution in [1.29, 1.82) is 0 Å². The number of aryl methyl sites for hydroxylation is 3. The highest BCUT2D eigenvalue weighted by Crippen LogP contribution is 2.22. The van der Waals surface area contributed by atoms with E-state index in [-0.39, 0.29) is 12.1 Å². The highest BCUT2D eigenvalue weighted by Gasteiger charge is 2.36. The Morgan fingerprint density at radius 1 is 1.12 bits per heavy atom. The number of imide groups is 2. The molecule has 1 aliphatic heterocycles. The van der Waals surface area contributed by atoms with Crippen molar-refractivity contribution in [3.8, 4) is 0 Å². The number of barbiturate groups is 1. The number of hydrogen-bond acceptors (Lipinski definition) is 4. The topological polar surface area (TPSA) is 79.6 Å². The highest BCUT2D eigenvalue weighted by atomic mass is 16.3. The number of nitrogens with zero attached hydrogens (tertiary/aromatic N) is 1. The first kappa shape index (κ1) is 16.7. The second-order valence-corrected chi connectivity index (χ2v) is 6.10. The Hall–Kier alpha value is -3.15. The summed E-state index contributed by atoms with van der Waals surface area (Å²) in [6, 6.07) is 6.55. The third-order valence-electron chi connectivity index (χ3n) is 4.11. The van der Waals surface area contributed by atoms with Crippen LogP contribution in [0, 0.1) is 20.8 Å². The van der Waals surface area contributed by atoms with E-state index in [0.29, 0.717) is 5.76 Å². The lowest BCUT2D eigenvalue weighted by Gasteiger charge is -2.25. The zero-order valence-electron chi connectivity index (χ0n) is 14.3. The normalized spacial score (nSPS) is 16.5. The van der Waals surface area contributed by atoms with Crippen molar-refractivity contribution in [2.45, 2.75) is 27.3 Å². The van der Waals surface area contributed by atoms with Gasteiger partial charge in [0.25, 0.3) is 11.8 Å². The summed E-state index contributed by atoms with van der Waals surface area (Å²) in [4.78, 5) is 37.9. The zero-order valence-corrected chi connectivity index (χ0v) is 14.3. The van der Waals surface area contributed by atoms with Gasteiger partial charge in [-0.3, -0.25) is 19.8 Å². The van der Waals surface area contributed by atoms with Crippen LogP contribution in [0.1, 0.15) is 28.0 Å². The number of benzene rings is 1. The molecule has 128 valence electrons. The molecule has 2 aromatic rings. The van der Waals surface area contributed by atoms with Gasteiger partial charge in [0.15, 0.2) is 0 Å². The van der Waals surface area contributed by atoms with E-state index in [1.807, 2.05) is 32.9 Å². The number of amides is 4. The molecule has 0 bridgehead atoms. The van der Waals surface area contributed by atoms with E-state index in [1.165, 1.54) is 6.26 Å². The van der Waals surface area contributed by atoms with E-state index in [2.05, 4.69) is 5.32 Å². The minimum atomic E-state index is -0.749. The Labute approximate surface area is 145 Å². The van der Waals surface area contributed by atoms with E-state index in [9.17, 15) is 14.4 Å². The molecule has 0 radical (unpaired) electrons. The van der Waals surface area contributed by atoms with Crippen LogP contribution in [-0.4, -0.2) is 22.7 Å². The van der Waals surface area contributed by atoms with Gasteiger partial charge >= 0.3 is 6.03 Å². The first-order valence-electron chi connectivity index (χ1n) is 7.86. The molecule has 0 saturated carbocycles. The van der Waals surface area contributed by atoms with Crippen LogP contribution in [0.5, 0.6) is 0 Å². The van der Waals surface area contributed by atoms with Crippen molar-refractivity contribution in [2.24, 2.45) is 0 Å². The fraction of sp³-hybridized carbons (Fsp3) is 0.211. The maximum atomic E-state index is 12.7. The summed E-state index contributed by atoms with van der Waals surface area (Å²) < 4.78 is 5.19. The molecule has 1 aliphatic rings. The second-order valence-electron chi connectivity index (χ2n) is 6.10. The molecule has 2 heterocycles. The molecule has 4 amide bonds. The number of nitrogens with one attached hydrogen (secondary N) is 1. The summed E-state index contributed by atoms with van der Waals surface area (Å²) in [5.74, 6) is -0.866. The lowest BCUT2D eigenvalue weighted by molar-refractivity contribution is -0.130. The van der Waals surface area contributed by atoms with Gasteiger partial charge in [-0.2, -0.15) is 0 Å². The molecule has 0 unspecified atom stereocenters. The molecule has 25 heavy (non-hydrogen) atoms. The molecule has 6 nitrogen and oxygen atoms in total. The molecule has 1 saturated heterocycles. The number of hydrogen-bond donors (Lipinski definition) is 1. The lowest BCUT2D eigenvalue weighted by Crippen LogP contribution is -2.53. The van der Waals surface area contributed by atoms with Gasteiger partial charge < -0.3 is 4.42 Å². The molecular weight excluding hydrogens is 320 g/mol. The van der Waals surface area contributed by atoms with Gasteiger partial charge in [0.2, 0.25) is 0 Å². The Bertz CT molecular complexity index is 871. The molecule has 1 fully saturated rings. The van der Waals surface area contributed by atoms with Gasteiger partial charge in [-0.1, -0.05) is 17.7 Å². The van der Waals surface area contributed by atoms with Crippen LogP contribution in [0.4, 0.5) is 4.79 Å². The third-order valence-corrected chi connectivity index (χ3v) is 4.11. The first-order valence-corrected chi connectivity index (χ1v) is 7.86. The average molecular weight is 338 g/mol. The van der Waals surface area contributed by atoms with Crippen molar-refractivity contribution >= 4 is 23.9 Å². The number of urea groups is 1. The summed E-state index contributed by atoms with van der Waals surface area (Å²) in [7, 11) is 0. The minimum Gasteiger partial charge on any atom is -0.467 e. The van der Waals surface area contributed by atoms with E-state index >= 15 is 0 Å². The average Bonchev–Trinajstić information content (AvgIpc) is 3.03. The van der Waals surface area contributed by atoms with Crippen LogP contribution in [0.2, 0.25) is 0 Å². The monoisotopic (exact) mass is 338 g/mol. The Morgan fingerprint density at radius 3 is 2.40 bits per heavy atom. The predicted octanol–water partition coefficient (Wildman–Crippen LogP) is 2.87. The van der Waals surface area contributed by atoms with Crippen molar-refractivity contribution in [3.63, 3.8) is 0 Å². The zero-order chi connectivity index (χ0) is 18.1. The quantitative estimate of drug-likeness (QED) is 0.689. The van der Waals surface area contributed by atoms with Crippen LogP contribution in [-0.2, 0) is 16.1 Å². The van der Waals surface area contributed by atoms with Gasteiger partial charge in [-0.05, 0) is 55.7 Å². The Kier molecular flexibility index (Phi) is 4.27. The van der Waals surface area contributed by atoms with Gasteiger partial charge in [0.1, 0.15) is 11.3 Å². The molecular formula is C19H18N2O4. The molecule has 1 aromatic heterocycles. The van der Waals surface area contributed by atoms with Gasteiger partial charge in [-0.15, -0.1) is 0 Å². The third kappa shape index (κ3) is 3.24. The second kappa shape index (κ2) is 6.39. The van der Waals surface area contributed by atoms with Crippen molar-refractivity contribution in [2.75, 3.05) is 0 Å². The maximum absolute atomic E-state index is 12.7.